The Kier molecular flexibility index (Phi) is 7.46. The van der Waals surface area contributed by atoms with E-state index in [1.165, 1.54) is 18.3 Å². The van der Waals surface area contributed by atoms with Crippen LogP contribution in [0.2, 0.25) is 0 Å². The number of aldehydes is 1. The molecular formula is C20H23ClF3N3O2. The molecule has 1 heterocycles. The second kappa shape index (κ2) is 9.43. The summed E-state index contributed by atoms with van der Waals surface area (Å²) in [5, 5.41) is 6.70. The summed E-state index contributed by atoms with van der Waals surface area (Å²) in [6.45, 7) is 5.55. The normalized spacial score (nSPS) is 14.9. The lowest BCUT2D eigenvalue weighted by Crippen LogP contribution is -2.29. The van der Waals surface area contributed by atoms with E-state index in [0.717, 1.165) is 18.6 Å². The van der Waals surface area contributed by atoms with Gasteiger partial charge >= 0.3 is 6.18 Å². The van der Waals surface area contributed by atoms with Crippen LogP contribution in [0.25, 0.3) is 0 Å². The number of hydrogen-bond donors (Lipinski definition) is 1. The summed E-state index contributed by atoms with van der Waals surface area (Å²) in [5.74, 6) is -0.521. The molecule has 1 N–H and O–H groups in total. The van der Waals surface area contributed by atoms with Crippen molar-refractivity contribution in [1.82, 2.24) is 15.1 Å². The number of carbonyl (C=O) groups is 2. The van der Waals surface area contributed by atoms with Gasteiger partial charge in [-0.15, -0.1) is 11.6 Å². The van der Waals surface area contributed by atoms with Gasteiger partial charge in [0.15, 0.2) is 0 Å². The van der Waals surface area contributed by atoms with E-state index in [1.54, 1.807) is 11.6 Å². The topological polar surface area (TPSA) is 64.0 Å². The molecule has 9 heteroatoms. The third-order valence-electron chi connectivity index (χ3n) is 4.84. The number of nitrogens with one attached hydrogen (secondary N) is 1. The first-order valence-electron chi connectivity index (χ1n) is 9.19. The van der Waals surface area contributed by atoms with E-state index < -0.39 is 23.7 Å². The second-order valence-corrected chi connectivity index (χ2v) is 7.37. The Balaban J connectivity index is 2.27. The first-order valence-corrected chi connectivity index (χ1v) is 9.63. The number of hydrogen-bond acceptors (Lipinski definition) is 3. The van der Waals surface area contributed by atoms with E-state index >= 15 is 0 Å². The first-order chi connectivity index (χ1) is 13.6. The van der Waals surface area contributed by atoms with Gasteiger partial charge in [-0.25, -0.2) is 0 Å². The number of aromatic nitrogens is 2. The predicted octanol–water partition coefficient (Wildman–Crippen LogP) is 4.85. The Morgan fingerprint density at radius 1 is 1.38 bits per heavy atom. The minimum absolute atomic E-state index is 0.141. The van der Waals surface area contributed by atoms with Gasteiger partial charge in [-0.2, -0.15) is 18.3 Å². The molecule has 158 valence electrons. The van der Waals surface area contributed by atoms with Gasteiger partial charge in [0, 0.05) is 12.1 Å². The van der Waals surface area contributed by atoms with Crippen molar-refractivity contribution in [3.8, 4) is 0 Å². The average Bonchev–Trinajstić information content (AvgIpc) is 3.07. The fraction of sp³-hybridized carbons (Fsp3) is 0.450. The third-order valence-corrected chi connectivity index (χ3v) is 5.52. The van der Waals surface area contributed by atoms with Crippen LogP contribution >= 0.6 is 11.6 Å². The molecule has 0 saturated heterocycles. The molecule has 2 rings (SSSR count). The number of halogens is 4. The minimum atomic E-state index is -4.52. The molecule has 1 unspecified atom stereocenters. The van der Waals surface area contributed by atoms with Crippen LogP contribution in [0.3, 0.4) is 0 Å². The number of alkyl halides is 4. The molecule has 0 spiro atoms. The Labute approximate surface area is 172 Å². The molecule has 1 aromatic heterocycles. The number of benzene rings is 1. The highest BCUT2D eigenvalue weighted by molar-refractivity contribution is 6.20. The summed E-state index contributed by atoms with van der Waals surface area (Å²) in [4.78, 5) is 23.8. The zero-order valence-corrected chi connectivity index (χ0v) is 17.1. The molecular weight excluding hydrogens is 407 g/mol. The largest absolute Gasteiger partial charge is 0.416 e. The first kappa shape index (κ1) is 22.9. The standard InChI is InChI=1S/C20H23ClF3N3O2/c1-4-17(21)13(3)27-12(2)16(11-25-27)19(29)26-18(8-9-28)14-6-5-7-15(10-14)20(22,23)24/h5-7,9-11,13,17-18H,4,8H2,1-3H3,(H,26,29)/t13?,17-,18-/m0/s1. The van der Waals surface area contributed by atoms with Gasteiger partial charge in [0.25, 0.3) is 5.91 Å². The van der Waals surface area contributed by atoms with Crippen LogP contribution in [0, 0.1) is 6.92 Å². The van der Waals surface area contributed by atoms with Crippen molar-refractivity contribution >= 4 is 23.8 Å². The monoisotopic (exact) mass is 429 g/mol. The zero-order chi connectivity index (χ0) is 21.8. The average molecular weight is 430 g/mol. The summed E-state index contributed by atoms with van der Waals surface area (Å²) < 4.78 is 40.6. The molecule has 29 heavy (non-hydrogen) atoms. The van der Waals surface area contributed by atoms with Crippen LogP contribution in [-0.2, 0) is 11.0 Å². The predicted molar refractivity (Wildman–Crippen MR) is 104 cm³/mol. The fourth-order valence-corrected chi connectivity index (χ4v) is 3.20. The summed E-state index contributed by atoms with van der Waals surface area (Å²) in [6, 6.07) is 3.54. The van der Waals surface area contributed by atoms with Crippen molar-refractivity contribution in [1.29, 1.82) is 0 Å². The lowest BCUT2D eigenvalue weighted by Gasteiger charge is -2.20. The van der Waals surface area contributed by atoms with Crippen molar-refractivity contribution in [2.75, 3.05) is 0 Å². The highest BCUT2D eigenvalue weighted by Crippen LogP contribution is 2.31. The van der Waals surface area contributed by atoms with E-state index in [-0.39, 0.29) is 29.0 Å². The van der Waals surface area contributed by atoms with Crippen LogP contribution in [-0.4, -0.2) is 27.4 Å². The van der Waals surface area contributed by atoms with Crippen molar-refractivity contribution in [3.63, 3.8) is 0 Å². The molecule has 0 aliphatic heterocycles. The van der Waals surface area contributed by atoms with Gasteiger partial charge in [-0.1, -0.05) is 19.1 Å². The number of amides is 1. The van der Waals surface area contributed by atoms with E-state index in [1.807, 2.05) is 13.8 Å². The van der Waals surface area contributed by atoms with Gasteiger partial charge in [-0.3, -0.25) is 9.48 Å². The Morgan fingerprint density at radius 3 is 2.66 bits per heavy atom. The van der Waals surface area contributed by atoms with Crippen LogP contribution in [0.5, 0.6) is 0 Å². The lowest BCUT2D eigenvalue weighted by molar-refractivity contribution is -0.137. The van der Waals surface area contributed by atoms with Gasteiger partial charge in [0.05, 0.1) is 34.8 Å². The zero-order valence-electron chi connectivity index (χ0n) is 16.3. The van der Waals surface area contributed by atoms with Crippen LogP contribution < -0.4 is 5.32 Å². The highest BCUT2D eigenvalue weighted by Gasteiger charge is 2.31. The fourth-order valence-electron chi connectivity index (χ4n) is 3.09. The Hall–Kier alpha value is -2.35. The Bertz CT molecular complexity index is 867. The van der Waals surface area contributed by atoms with Crippen LogP contribution in [0.1, 0.15) is 66.0 Å². The number of nitrogens with zero attached hydrogens (tertiary/aromatic N) is 2. The molecule has 0 bridgehead atoms. The molecule has 1 aromatic carbocycles. The SMILES string of the molecule is CC[C@H](Cl)C(C)n1ncc(C(=O)N[C@@H](CC=O)c2cccc(C(F)(F)F)c2)c1C. The summed E-state index contributed by atoms with van der Waals surface area (Å²) in [5.41, 5.74) is 0.221. The van der Waals surface area contributed by atoms with E-state index in [0.29, 0.717) is 12.0 Å². The maximum absolute atomic E-state index is 13.0. The quantitative estimate of drug-likeness (QED) is 0.482. The maximum Gasteiger partial charge on any atom is 0.416 e. The smallest absolute Gasteiger partial charge is 0.345 e. The van der Waals surface area contributed by atoms with Gasteiger partial charge in [0.1, 0.15) is 6.29 Å². The molecule has 0 radical (unpaired) electrons. The van der Waals surface area contributed by atoms with E-state index in [4.69, 9.17) is 11.6 Å². The molecule has 0 aliphatic rings. The van der Waals surface area contributed by atoms with Crippen molar-refractivity contribution in [2.24, 2.45) is 0 Å². The summed E-state index contributed by atoms with van der Waals surface area (Å²) >= 11 is 6.28. The van der Waals surface area contributed by atoms with Gasteiger partial charge in [-0.05, 0) is 38.0 Å². The second-order valence-electron chi connectivity index (χ2n) is 6.80. The van der Waals surface area contributed by atoms with Gasteiger partial charge < -0.3 is 10.1 Å². The molecule has 0 fully saturated rings. The molecule has 0 saturated carbocycles. The molecule has 3 atom stereocenters. The van der Waals surface area contributed by atoms with Crippen LogP contribution in [0.15, 0.2) is 30.5 Å². The summed E-state index contributed by atoms with van der Waals surface area (Å²) in [6.07, 6.45) is -2.00. The molecule has 0 aliphatic carbocycles. The molecule has 5 nitrogen and oxygen atoms in total. The summed E-state index contributed by atoms with van der Waals surface area (Å²) in [7, 11) is 0. The van der Waals surface area contributed by atoms with E-state index in [2.05, 4.69) is 10.4 Å². The van der Waals surface area contributed by atoms with E-state index in [9.17, 15) is 22.8 Å². The number of rotatable bonds is 8. The van der Waals surface area contributed by atoms with Gasteiger partial charge in [0.2, 0.25) is 0 Å². The third kappa shape index (κ3) is 5.38. The van der Waals surface area contributed by atoms with Crippen molar-refractivity contribution in [3.05, 3.63) is 52.8 Å². The molecule has 1 amide bonds. The Morgan fingerprint density at radius 2 is 2.07 bits per heavy atom. The maximum atomic E-state index is 13.0. The number of carbonyl (C=O) groups excluding carboxylic acids is 2. The minimum Gasteiger partial charge on any atom is -0.345 e. The molecule has 2 aromatic rings. The van der Waals surface area contributed by atoms with Crippen molar-refractivity contribution < 1.29 is 22.8 Å². The lowest BCUT2D eigenvalue weighted by atomic mass is 10.0. The highest BCUT2D eigenvalue weighted by atomic mass is 35.5. The van der Waals surface area contributed by atoms with Crippen LogP contribution in [0.4, 0.5) is 13.2 Å². The van der Waals surface area contributed by atoms with Crippen molar-refractivity contribution in [2.45, 2.75) is 57.2 Å².